The molecule has 0 radical (unpaired) electrons. The molecule has 128 valence electrons. The van der Waals surface area contributed by atoms with E-state index < -0.39 is 0 Å². The first-order valence-electron chi connectivity index (χ1n) is 8.79. The summed E-state index contributed by atoms with van der Waals surface area (Å²) >= 11 is 0. The molecule has 1 atom stereocenters. The van der Waals surface area contributed by atoms with Crippen molar-refractivity contribution in [1.29, 1.82) is 0 Å². The van der Waals surface area contributed by atoms with Crippen molar-refractivity contribution in [2.24, 2.45) is 0 Å². The Bertz CT molecular complexity index is 909. The summed E-state index contributed by atoms with van der Waals surface area (Å²) in [5.41, 5.74) is 1.99. The standard InChI is InChI=1S/C21H21NO3/c23-21-18-9-8-17(25-16-7-4-11-22-12-10-16)13-20(18)24-14-19(21)15-5-2-1-3-6-15/h1-3,5-6,8-9,13-14,16,22H,4,7,10-12H2. The normalized spacial score (nSPS) is 18.0. The third-order valence-corrected chi connectivity index (χ3v) is 4.66. The molecule has 0 saturated carbocycles. The molecule has 1 aliphatic rings. The lowest BCUT2D eigenvalue weighted by Gasteiger charge is -2.16. The van der Waals surface area contributed by atoms with Gasteiger partial charge in [-0.1, -0.05) is 30.3 Å². The van der Waals surface area contributed by atoms with Crippen LogP contribution in [0.4, 0.5) is 0 Å². The first kappa shape index (κ1) is 15.9. The lowest BCUT2D eigenvalue weighted by molar-refractivity contribution is 0.187. The second kappa shape index (κ2) is 7.11. The molecule has 1 saturated heterocycles. The summed E-state index contributed by atoms with van der Waals surface area (Å²) in [5, 5.41) is 3.96. The van der Waals surface area contributed by atoms with Crippen molar-refractivity contribution >= 4 is 11.0 Å². The Morgan fingerprint density at radius 3 is 2.80 bits per heavy atom. The summed E-state index contributed by atoms with van der Waals surface area (Å²) in [5.74, 6) is 0.759. The van der Waals surface area contributed by atoms with Crippen LogP contribution in [-0.4, -0.2) is 19.2 Å². The molecule has 0 amide bonds. The Kier molecular flexibility index (Phi) is 4.53. The van der Waals surface area contributed by atoms with Crippen LogP contribution in [0, 0.1) is 0 Å². The molecule has 1 unspecified atom stereocenters. The molecule has 1 N–H and O–H groups in total. The van der Waals surface area contributed by atoms with Gasteiger partial charge in [0.1, 0.15) is 17.6 Å². The molecule has 4 rings (SSSR count). The quantitative estimate of drug-likeness (QED) is 0.786. The Hall–Kier alpha value is -2.59. The van der Waals surface area contributed by atoms with Crippen molar-refractivity contribution in [1.82, 2.24) is 5.32 Å². The maximum atomic E-state index is 12.8. The van der Waals surface area contributed by atoms with Crippen molar-refractivity contribution in [3.63, 3.8) is 0 Å². The highest BCUT2D eigenvalue weighted by atomic mass is 16.5. The van der Waals surface area contributed by atoms with E-state index in [1.165, 1.54) is 0 Å². The van der Waals surface area contributed by atoms with Gasteiger partial charge in [-0.2, -0.15) is 0 Å². The average Bonchev–Trinajstić information content (AvgIpc) is 2.91. The lowest BCUT2D eigenvalue weighted by atomic mass is 10.1. The number of hydrogen-bond donors (Lipinski definition) is 1. The van der Waals surface area contributed by atoms with Gasteiger partial charge in [-0.3, -0.25) is 4.79 Å². The van der Waals surface area contributed by atoms with E-state index in [9.17, 15) is 4.79 Å². The summed E-state index contributed by atoms with van der Waals surface area (Å²) in [6, 6.07) is 15.1. The fourth-order valence-corrected chi connectivity index (χ4v) is 3.30. The summed E-state index contributed by atoms with van der Waals surface area (Å²) in [4.78, 5) is 12.8. The van der Waals surface area contributed by atoms with E-state index in [0.717, 1.165) is 43.7 Å². The van der Waals surface area contributed by atoms with Crippen LogP contribution >= 0.6 is 0 Å². The molecular formula is C21H21NO3. The van der Waals surface area contributed by atoms with Crippen LogP contribution in [0.15, 0.2) is 64.0 Å². The highest BCUT2D eigenvalue weighted by molar-refractivity contribution is 5.82. The lowest BCUT2D eigenvalue weighted by Crippen LogP contribution is -2.19. The minimum atomic E-state index is -0.0160. The van der Waals surface area contributed by atoms with E-state index >= 15 is 0 Å². The maximum Gasteiger partial charge on any atom is 0.200 e. The third kappa shape index (κ3) is 3.44. The van der Waals surface area contributed by atoms with E-state index in [2.05, 4.69) is 5.32 Å². The van der Waals surface area contributed by atoms with E-state index in [4.69, 9.17) is 9.15 Å². The average molecular weight is 335 g/mol. The predicted octanol–water partition coefficient (Wildman–Crippen LogP) is 3.98. The molecule has 25 heavy (non-hydrogen) atoms. The molecule has 1 aliphatic heterocycles. The van der Waals surface area contributed by atoms with Gasteiger partial charge in [-0.05, 0) is 50.0 Å². The van der Waals surface area contributed by atoms with E-state index in [1.54, 1.807) is 12.3 Å². The number of benzene rings is 2. The van der Waals surface area contributed by atoms with Crippen molar-refractivity contribution in [2.45, 2.75) is 25.4 Å². The fourth-order valence-electron chi connectivity index (χ4n) is 3.30. The van der Waals surface area contributed by atoms with Gasteiger partial charge in [0.2, 0.25) is 0 Å². The first-order valence-corrected chi connectivity index (χ1v) is 8.79. The molecule has 0 aliphatic carbocycles. The Balaban J connectivity index is 1.64. The van der Waals surface area contributed by atoms with Crippen molar-refractivity contribution < 1.29 is 9.15 Å². The van der Waals surface area contributed by atoms with Crippen LogP contribution < -0.4 is 15.5 Å². The largest absolute Gasteiger partial charge is 0.490 e. The smallest absolute Gasteiger partial charge is 0.200 e. The second-order valence-corrected chi connectivity index (χ2v) is 6.42. The highest BCUT2D eigenvalue weighted by Crippen LogP contribution is 2.24. The zero-order valence-electron chi connectivity index (χ0n) is 14.0. The first-order chi connectivity index (χ1) is 12.3. The van der Waals surface area contributed by atoms with Crippen molar-refractivity contribution in [2.75, 3.05) is 13.1 Å². The zero-order valence-corrected chi connectivity index (χ0v) is 14.0. The number of ether oxygens (including phenoxy) is 1. The van der Waals surface area contributed by atoms with Gasteiger partial charge in [0, 0.05) is 6.07 Å². The maximum absolute atomic E-state index is 12.8. The van der Waals surface area contributed by atoms with Crippen molar-refractivity contribution in [3.05, 3.63) is 65.0 Å². The van der Waals surface area contributed by atoms with Crippen molar-refractivity contribution in [3.8, 4) is 16.9 Å². The van der Waals surface area contributed by atoms with Crippen LogP contribution in [0.2, 0.25) is 0 Å². The van der Waals surface area contributed by atoms with E-state index in [-0.39, 0.29) is 11.5 Å². The minimum absolute atomic E-state index is 0.0160. The summed E-state index contributed by atoms with van der Waals surface area (Å²) in [6.45, 7) is 2.03. The summed E-state index contributed by atoms with van der Waals surface area (Å²) < 4.78 is 11.8. The van der Waals surface area contributed by atoms with Crippen LogP contribution in [0.5, 0.6) is 5.75 Å². The monoisotopic (exact) mass is 335 g/mol. The van der Waals surface area contributed by atoms with Gasteiger partial charge in [0.05, 0.1) is 17.1 Å². The SMILES string of the molecule is O=c1c(-c2ccccc2)coc2cc(OC3CCCNCC3)ccc12. The molecule has 1 fully saturated rings. The molecule has 2 aromatic carbocycles. The second-order valence-electron chi connectivity index (χ2n) is 6.42. The van der Waals surface area contributed by atoms with Crippen LogP contribution in [-0.2, 0) is 0 Å². The van der Waals surface area contributed by atoms with E-state index in [0.29, 0.717) is 16.5 Å². The molecule has 3 aromatic rings. The minimum Gasteiger partial charge on any atom is -0.490 e. The zero-order chi connectivity index (χ0) is 17.1. The Morgan fingerprint density at radius 1 is 1.04 bits per heavy atom. The number of hydrogen-bond acceptors (Lipinski definition) is 4. The van der Waals surface area contributed by atoms with Crippen LogP contribution in [0.25, 0.3) is 22.1 Å². The molecule has 0 bridgehead atoms. The summed E-state index contributed by atoms with van der Waals surface area (Å²) in [7, 11) is 0. The van der Waals surface area contributed by atoms with Gasteiger partial charge in [-0.25, -0.2) is 0 Å². The van der Waals surface area contributed by atoms with E-state index in [1.807, 2.05) is 42.5 Å². The van der Waals surface area contributed by atoms with Gasteiger partial charge >= 0.3 is 0 Å². The van der Waals surface area contributed by atoms with Crippen LogP contribution in [0.3, 0.4) is 0 Å². The Labute approximate surface area is 146 Å². The molecule has 4 nitrogen and oxygen atoms in total. The number of rotatable bonds is 3. The molecule has 4 heteroatoms. The third-order valence-electron chi connectivity index (χ3n) is 4.66. The molecule has 1 aromatic heterocycles. The Morgan fingerprint density at radius 2 is 1.92 bits per heavy atom. The fraction of sp³-hybridized carbons (Fsp3) is 0.286. The number of fused-ring (bicyclic) bond motifs is 1. The van der Waals surface area contributed by atoms with Crippen LogP contribution in [0.1, 0.15) is 19.3 Å². The predicted molar refractivity (Wildman–Crippen MR) is 99.1 cm³/mol. The molecule has 0 spiro atoms. The van der Waals surface area contributed by atoms with Gasteiger partial charge in [0.25, 0.3) is 0 Å². The molecular weight excluding hydrogens is 314 g/mol. The summed E-state index contributed by atoms with van der Waals surface area (Å²) in [6.07, 6.45) is 4.91. The van der Waals surface area contributed by atoms with Gasteiger partial charge in [-0.15, -0.1) is 0 Å². The topological polar surface area (TPSA) is 51.5 Å². The number of nitrogens with one attached hydrogen (secondary N) is 1. The van der Waals surface area contributed by atoms with Gasteiger partial charge < -0.3 is 14.5 Å². The highest BCUT2D eigenvalue weighted by Gasteiger charge is 2.15. The van der Waals surface area contributed by atoms with Gasteiger partial charge in [0.15, 0.2) is 5.43 Å². The molecule has 2 heterocycles.